The van der Waals surface area contributed by atoms with E-state index in [1.807, 2.05) is 18.2 Å². The second kappa shape index (κ2) is 5.51. The molecule has 2 rings (SSSR count). The van der Waals surface area contributed by atoms with E-state index >= 15 is 0 Å². The second-order valence-corrected chi connectivity index (χ2v) is 4.21. The Bertz CT molecular complexity index is 448. The van der Waals surface area contributed by atoms with Crippen molar-refractivity contribution in [1.29, 1.82) is 0 Å². The van der Waals surface area contributed by atoms with Crippen LogP contribution in [0.2, 0.25) is 0 Å². The molecule has 2 aromatic rings. The topological polar surface area (TPSA) is 52.0 Å². The fourth-order valence-electron chi connectivity index (χ4n) is 2.11. The number of nitrogens with two attached hydrogens (primary N) is 2. The van der Waals surface area contributed by atoms with Crippen LogP contribution in [0.5, 0.6) is 0 Å². The van der Waals surface area contributed by atoms with Crippen LogP contribution in [0.1, 0.15) is 23.5 Å². The molecule has 0 heterocycles. The molecule has 1 unspecified atom stereocenters. The molecule has 17 heavy (non-hydrogen) atoms. The Morgan fingerprint density at radius 1 is 0.824 bits per heavy atom. The van der Waals surface area contributed by atoms with E-state index in [2.05, 4.69) is 36.4 Å². The van der Waals surface area contributed by atoms with Gasteiger partial charge in [0.2, 0.25) is 0 Å². The fourth-order valence-corrected chi connectivity index (χ4v) is 2.11. The molecule has 0 aliphatic rings. The zero-order valence-corrected chi connectivity index (χ0v) is 9.84. The van der Waals surface area contributed by atoms with Crippen LogP contribution >= 0.6 is 0 Å². The summed E-state index contributed by atoms with van der Waals surface area (Å²) in [5, 5.41) is 0. The number of nitrogen functional groups attached to an aromatic ring is 1. The molecular weight excluding hydrogens is 208 g/mol. The summed E-state index contributed by atoms with van der Waals surface area (Å²) in [6.07, 6.45) is 0.952. The van der Waals surface area contributed by atoms with Crippen LogP contribution in [0, 0.1) is 0 Å². The van der Waals surface area contributed by atoms with Crippen LogP contribution in [0.4, 0.5) is 5.69 Å². The second-order valence-electron chi connectivity index (χ2n) is 4.21. The van der Waals surface area contributed by atoms with Crippen LogP contribution < -0.4 is 11.5 Å². The summed E-state index contributed by atoms with van der Waals surface area (Å²) in [6.45, 7) is 0.684. The summed E-state index contributed by atoms with van der Waals surface area (Å²) in [5.41, 5.74) is 14.8. The van der Waals surface area contributed by atoms with E-state index < -0.39 is 0 Å². The van der Waals surface area contributed by atoms with Gasteiger partial charge in [-0.25, -0.2) is 0 Å². The number of anilines is 1. The third-order valence-electron chi connectivity index (χ3n) is 3.00. The highest BCUT2D eigenvalue weighted by molar-refractivity contribution is 5.42. The maximum Gasteiger partial charge on any atom is 0.0314 e. The first-order valence-electron chi connectivity index (χ1n) is 5.91. The van der Waals surface area contributed by atoms with Gasteiger partial charge in [0.25, 0.3) is 0 Å². The van der Waals surface area contributed by atoms with Crippen molar-refractivity contribution in [3.05, 3.63) is 65.7 Å². The van der Waals surface area contributed by atoms with Crippen molar-refractivity contribution < 1.29 is 0 Å². The maximum atomic E-state index is 5.71. The number of hydrogen-bond acceptors (Lipinski definition) is 2. The molecule has 0 spiro atoms. The van der Waals surface area contributed by atoms with E-state index in [4.69, 9.17) is 11.5 Å². The zero-order valence-electron chi connectivity index (χ0n) is 9.84. The first-order chi connectivity index (χ1) is 8.31. The van der Waals surface area contributed by atoms with E-state index in [9.17, 15) is 0 Å². The molecular formula is C15H18N2. The molecule has 0 saturated carbocycles. The lowest BCUT2D eigenvalue weighted by molar-refractivity contribution is 0.726. The molecule has 0 aliphatic heterocycles. The van der Waals surface area contributed by atoms with Gasteiger partial charge in [0.05, 0.1) is 0 Å². The van der Waals surface area contributed by atoms with E-state index in [0.717, 1.165) is 12.1 Å². The van der Waals surface area contributed by atoms with Gasteiger partial charge in [-0.2, -0.15) is 0 Å². The summed E-state index contributed by atoms with van der Waals surface area (Å²) in [7, 11) is 0. The smallest absolute Gasteiger partial charge is 0.0314 e. The van der Waals surface area contributed by atoms with Crippen LogP contribution in [0.25, 0.3) is 0 Å². The number of rotatable bonds is 4. The van der Waals surface area contributed by atoms with Crippen molar-refractivity contribution in [1.82, 2.24) is 0 Å². The summed E-state index contributed by atoms with van der Waals surface area (Å²) < 4.78 is 0. The van der Waals surface area contributed by atoms with Gasteiger partial charge in [0, 0.05) is 11.6 Å². The Labute approximate surface area is 102 Å². The lowest BCUT2D eigenvalue weighted by Gasteiger charge is -2.17. The van der Waals surface area contributed by atoms with Crippen LogP contribution in [-0.2, 0) is 0 Å². The predicted molar refractivity (Wildman–Crippen MR) is 72.8 cm³/mol. The Balaban J connectivity index is 2.32. The highest BCUT2D eigenvalue weighted by Crippen LogP contribution is 2.27. The van der Waals surface area contributed by atoms with E-state index in [0.29, 0.717) is 12.5 Å². The molecule has 2 aromatic carbocycles. The minimum absolute atomic E-state index is 0.363. The quantitative estimate of drug-likeness (QED) is 0.788. The summed E-state index contributed by atoms with van der Waals surface area (Å²) in [6, 6.07) is 18.5. The van der Waals surface area contributed by atoms with Crippen LogP contribution in [-0.4, -0.2) is 6.54 Å². The minimum Gasteiger partial charge on any atom is -0.399 e. The van der Waals surface area contributed by atoms with Crippen molar-refractivity contribution in [3.63, 3.8) is 0 Å². The van der Waals surface area contributed by atoms with Gasteiger partial charge in [-0.05, 0) is 36.2 Å². The fraction of sp³-hybridized carbons (Fsp3) is 0.200. The van der Waals surface area contributed by atoms with Crippen molar-refractivity contribution in [2.75, 3.05) is 12.3 Å². The molecule has 2 nitrogen and oxygen atoms in total. The molecule has 0 amide bonds. The van der Waals surface area contributed by atoms with Crippen molar-refractivity contribution in [2.24, 2.45) is 5.73 Å². The summed E-state index contributed by atoms with van der Waals surface area (Å²) in [4.78, 5) is 0. The third-order valence-corrected chi connectivity index (χ3v) is 3.00. The zero-order chi connectivity index (χ0) is 12.1. The maximum absolute atomic E-state index is 5.71. The van der Waals surface area contributed by atoms with Gasteiger partial charge in [0.15, 0.2) is 0 Å². The van der Waals surface area contributed by atoms with Gasteiger partial charge in [-0.1, -0.05) is 42.5 Å². The van der Waals surface area contributed by atoms with Gasteiger partial charge >= 0.3 is 0 Å². The Kier molecular flexibility index (Phi) is 3.78. The molecule has 0 fully saturated rings. The third kappa shape index (κ3) is 2.86. The number of benzene rings is 2. The lowest BCUT2D eigenvalue weighted by atomic mass is 9.88. The van der Waals surface area contributed by atoms with Gasteiger partial charge in [0.1, 0.15) is 0 Å². The van der Waals surface area contributed by atoms with Gasteiger partial charge in [-0.3, -0.25) is 0 Å². The number of hydrogen-bond donors (Lipinski definition) is 2. The first kappa shape index (κ1) is 11.7. The Hall–Kier alpha value is -1.80. The SMILES string of the molecule is NCCC(c1ccccc1)c1ccc(N)cc1. The summed E-state index contributed by atoms with van der Waals surface area (Å²) >= 11 is 0. The molecule has 0 aliphatic carbocycles. The molecule has 0 bridgehead atoms. The summed E-state index contributed by atoms with van der Waals surface area (Å²) in [5.74, 6) is 0.363. The minimum atomic E-state index is 0.363. The molecule has 2 heteroatoms. The van der Waals surface area contributed by atoms with Crippen molar-refractivity contribution in [3.8, 4) is 0 Å². The molecule has 0 radical (unpaired) electrons. The molecule has 88 valence electrons. The van der Waals surface area contributed by atoms with E-state index in [1.165, 1.54) is 11.1 Å². The Morgan fingerprint density at radius 2 is 1.41 bits per heavy atom. The van der Waals surface area contributed by atoms with E-state index in [-0.39, 0.29) is 0 Å². The van der Waals surface area contributed by atoms with Crippen LogP contribution in [0.15, 0.2) is 54.6 Å². The molecule has 0 aromatic heterocycles. The molecule has 4 N–H and O–H groups in total. The predicted octanol–water partition coefficient (Wildman–Crippen LogP) is 2.75. The lowest BCUT2D eigenvalue weighted by Crippen LogP contribution is -2.08. The van der Waals surface area contributed by atoms with Crippen LogP contribution in [0.3, 0.4) is 0 Å². The molecule has 0 saturated heterocycles. The van der Waals surface area contributed by atoms with Gasteiger partial charge in [-0.15, -0.1) is 0 Å². The Morgan fingerprint density at radius 3 is 2.00 bits per heavy atom. The largest absolute Gasteiger partial charge is 0.399 e. The van der Waals surface area contributed by atoms with Crippen molar-refractivity contribution in [2.45, 2.75) is 12.3 Å². The standard InChI is InChI=1S/C15H18N2/c16-11-10-15(12-4-2-1-3-5-12)13-6-8-14(17)9-7-13/h1-9,15H,10-11,16-17H2. The first-order valence-corrected chi connectivity index (χ1v) is 5.91. The average molecular weight is 226 g/mol. The highest BCUT2D eigenvalue weighted by atomic mass is 14.5. The van der Waals surface area contributed by atoms with Gasteiger partial charge < -0.3 is 11.5 Å². The van der Waals surface area contributed by atoms with E-state index in [1.54, 1.807) is 0 Å². The monoisotopic (exact) mass is 226 g/mol. The average Bonchev–Trinajstić information content (AvgIpc) is 2.38. The highest BCUT2D eigenvalue weighted by Gasteiger charge is 2.12. The van der Waals surface area contributed by atoms with Crippen molar-refractivity contribution >= 4 is 5.69 Å². The normalized spacial score (nSPS) is 12.3. The molecule has 1 atom stereocenters.